The van der Waals surface area contributed by atoms with Crippen LogP contribution >= 0.6 is 0 Å². The first-order chi connectivity index (χ1) is 13.2. The standard InChI is InChI=1S/C19H21F2NO5S/c1-13(18(23)22(2)15-7-5-4-6-8-15)28(24,25)12-14-9-10-16(27-19(20)21)17(11-14)26-3/h4-11,13,19H,12H2,1-3H3/t13-/m1/s1. The van der Waals surface area contributed by atoms with Crippen molar-refractivity contribution in [3.8, 4) is 11.5 Å². The number of hydrogen-bond donors (Lipinski definition) is 0. The molecule has 0 aliphatic rings. The van der Waals surface area contributed by atoms with Gasteiger partial charge in [0.25, 0.3) is 0 Å². The van der Waals surface area contributed by atoms with Crippen LogP contribution in [0.4, 0.5) is 14.5 Å². The molecule has 0 N–H and O–H groups in total. The van der Waals surface area contributed by atoms with E-state index < -0.39 is 33.4 Å². The largest absolute Gasteiger partial charge is 0.493 e. The number of para-hydroxylation sites is 1. The predicted octanol–water partition coefficient (Wildman–Crippen LogP) is 3.26. The number of alkyl halides is 2. The van der Waals surface area contributed by atoms with Gasteiger partial charge in [0.15, 0.2) is 21.3 Å². The smallest absolute Gasteiger partial charge is 0.387 e. The molecule has 0 bridgehead atoms. The number of amides is 1. The number of sulfone groups is 1. The summed E-state index contributed by atoms with van der Waals surface area (Å²) in [5.41, 5.74) is 0.866. The third-order valence-corrected chi connectivity index (χ3v) is 6.19. The van der Waals surface area contributed by atoms with Crippen molar-refractivity contribution in [3.05, 3.63) is 54.1 Å². The molecule has 1 amide bonds. The van der Waals surface area contributed by atoms with Crippen LogP contribution in [0, 0.1) is 0 Å². The third-order valence-electron chi connectivity index (χ3n) is 4.17. The lowest BCUT2D eigenvalue weighted by molar-refractivity contribution is -0.117. The Bertz CT molecular complexity index is 919. The minimum Gasteiger partial charge on any atom is -0.493 e. The van der Waals surface area contributed by atoms with Crippen molar-refractivity contribution in [2.24, 2.45) is 0 Å². The normalized spacial score (nSPS) is 12.5. The third kappa shape index (κ3) is 5.19. The summed E-state index contributed by atoms with van der Waals surface area (Å²) < 4.78 is 59.5. The van der Waals surface area contributed by atoms with Crippen molar-refractivity contribution in [1.29, 1.82) is 0 Å². The SMILES string of the molecule is COc1cc(CS(=O)(=O)[C@H](C)C(=O)N(C)c2ccccc2)ccc1OC(F)F. The average molecular weight is 413 g/mol. The summed E-state index contributed by atoms with van der Waals surface area (Å²) >= 11 is 0. The fourth-order valence-corrected chi connectivity index (χ4v) is 3.92. The molecule has 1 atom stereocenters. The fraction of sp³-hybridized carbons (Fsp3) is 0.316. The minimum atomic E-state index is -3.86. The Morgan fingerprint density at radius 2 is 1.75 bits per heavy atom. The molecule has 0 radical (unpaired) electrons. The van der Waals surface area contributed by atoms with Gasteiger partial charge in [0.05, 0.1) is 12.9 Å². The first-order valence-electron chi connectivity index (χ1n) is 8.31. The van der Waals surface area contributed by atoms with Gasteiger partial charge >= 0.3 is 6.61 Å². The first-order valence-corrected chi connectivity index (χ1v) is 10.0. The molecule has 0 saturated carbocycles. The Kier molecular flexibility index (Phi) is 6.95. The molecule has 2 rings (SSSR count). The van der Waals surface area contributed by atoms with E-state index in [9.17, 15) is 22.0 Å². The summed E-state index contributed by atoms with van der Waals surface area (Å²) in [6, 6.07) is 12.5. The van der Waals surface area contributed by atoms with Crippen molar-refractivity contribution in [2.75, 3.05) is 19.1 Å². The van der Waals surface area contributed by atoms with Gasteiger partial charge in [0, 0.05) is 12.7 Å². The van der Waals surface area contributed by atoms with Crippen LogP contribution in [-0.4, -0.2) is 40.3 Å². The van der Waals surface area contributed by atoms with Crippen LogP contribution in [0.25, 0.3) is 0 Å². The van der Waals surface area contributed by atoms with E-state index in [1.807, 2.05) is 0 Å². The van der Waals surface area contributed by atoms with Gasteiger partial charge in [-0.15, -0.1) is 0 Å². The lowest BCUT2D eigenvalue weighted by Gasteiger charge is -2.21. The zero-order valence-electron chi connectivity index (χ0n) is 15.6. The molecule has 0 aliphatic carbocycles. The van der Waals surface area contributed by atoms with Crippen LogP contribution in [0.5, 0.6) is 11.5 Å². The molecule has 0 saturated heterocycles. The quantitative estimate of drug-likeness (QED) is 0.664. The molecule has 28 heavy (non-hydrogen) atoms. The maximum absolute atomic E-state index is 12.7. The summed E-state index contributed by atoms with van der Waals surface area (Å²) in [7, 11) is -1.10. The summed E-state index contributed by atoms with van der Waals surface area (Å²) in [5, 5.41) is -1.29. The van der Waals surface area contributed by atoms with E-state index in [4.69, 9.17) is 4.74 Å². The second-order valence-corrected chi connectivity index (χ2v) is 8.37. The molecule has 152 valence electrons. The molecule has 0 fully saturated rings. The van der Waals surface area contributed by atoms with E-state index in [0.717, 1.165) is 0 Å². The highest BCUT2D eigenvalue weighted by Crippen LogP contribution is 2.30. The second-order valence-electron chi connectivity index (χ2n) is 6.05. The van der Waals surface area contributed by atoms with Crippen LogP contribution in [0.2, 0.25) is 0 Å². The first kappa shape index (κ1) is 21.6. The zero-order valence-corrected chi connectivity index (χ0v) is 16.4. The highest BCUT2D eigenvalue weighted by Gasteiger charge is 2.31. The van der Waals surface area contributed by atoms with Gasteiger partial charge in [-0.1, -0.05) is 24.3 Å². The molecular formula is C19H21F2NO5S. The van der Waals surface area contributed by atoms with Gasteiger partial charge in [-0.25, -0.2) is 8.42 Å². The van der Waals surface area contributed by atoms with Crippen LogP contribution in [0.15, 0.2) is 48.5 Å². The van der Waals surface area contributed by atoms with Crippen molar-refractivity contribution >= 4 is 21.4 Å². The summed E-state index contributed by atoms with van der Waals surface area (Å²) in [6.45, 7) is -1.71. The molecule has 0 aromatic heterocycles. The van der Waals surface area contributed by atoms with Crippen molar-refractivity contribution in [3.63, 3.8) is 0 Å². The molecule has 0 unspecified atom stereocenters. The minimum absolute atomic E-state index is 0.0200. The monoisotopic (exact) mass is 413 g/mol. The van der Waals surface area contributed by atoms with E-state index in [1.54, 1.807) is 30.3 Å². The molecule has 0 aliphatic heterocycles. The van der Waals surface area contributed by atoms with Crippen molar-refractivity contribution in [1.82, 2.24) is 0 Å². The number of benzene rings is 2. The zero-order chi connectivity index (χ0) is 20.9. The number of carbonyl (C=O) groups excluding carboxylic acids is 1. The van der Waals surface area contributed by atoms with Gasteiger partial charge in [0.2, 0.25) is 5.91 Å². The number of halogens is 2. The molecular weight excluding hydrogens is 392 g/mol. The number of nitrogens with zero attached hydrogens (tertiary/aromatic N) is 1. The van der Waals surface area contributed by atoms with Gasteiger partial charge in [0.1, 0.15) is 5.25 Å². The lowest BCUT2D eigenvalue weighted by Crippen LogP contribution is -2.39. The van der Waals surface area contributed by atoms with Gasteiger partial charge < -0.3 is 14.4 Å². The highest BCUT2D eigenvalue weighted by atomic mass is 32.2. The van der Waals surface area contributed by atoms with E-state index in [2.05, 4.69) is 4.74 Å². The van der Waals surface area contributed by atoms with Crippen LogP contribution in [0.3, 0.4) is 0 Å². The summed E-state index contributed by atoms with van der Waals surface area (Å²) in [4.78, 5) is 13.9. The molecule has 9 heteroatoms. The fourth-order valence-electron chi connectivity index (χ4n) is 2.56. The average Bonchev–Trinajstić information content (AvgIpc) is 2.67. The number of hydrogen-bond acceptors (Lipinski definition) is 5. The second kappa shape index (κ2) is 9.01. The number of methoxy groups -OCH3 is 1. The van der Waals surface area contributed by atoms with Crippen molar-refractivity contribution in [2.45, 2.75) is 24.5 Å². The van der Waals surface area contributed by atoms with Crippen molar-refractivity contribution < 1.29 is 31.5 Å². The number of rotatable bonds is 8. The van der Waals surface area contributed by atoms with E-state index in [0.29, 0.717) is 11.3 Å². The number of ether oxygens (including phenoxy) is 2. The Hall–Kier alpha value is -2.68. The predicted molar refractivity (Wildman–Crippen MR) is 102 cm³/mol. The summed E-state index contributed by atoms with van der Waals surface area (Å²) in [5.74, 6) is -1.25. The van der Waals surface area contributed by atoms with Gasteiger partial charge in [-0.05, 0) is 36.8 Å². The Morgan fingerprint density at radius 3 is 2.32 bits per heavy atom. The summed E-state index contributed by atoms with van der Waals surface area (Å²) in [6.07, 6.45) is 0. The molecule has 0 spiro atoms. The van der Waals surface area contributed by atoms with E-state index in [1.165, 1.54) is 44.2 Å². The lowest BCUT2D eigenvalue weighted by atomic mass is 10.2. The van der Waals surface area contributed by atoms with Crippen LogP contribution in [-0.2, 0) is 20.4 Å². The van der Waals surface area contributed by atoms with E-state index in [-0.39, 0.29) is 11.5 Å². The van der Waals surface area contributed by atoms with Crippen LogP contribution < -0.4 is 14.4 Å². The Balaban J connectivity index is 2.19. The van der Waals surface area contributed by atoms with Crippen LogP contribution in [0.1, 0.15) is 12.5 Å². The molecule has 6 nitrogen and oxygen atoms in total. The number of anilines is 1. The maximum atomic E-state index is 12.7. The van der Waals surface area contributed by atoms with E-state index >= 15 is 0 Å². The van der Waals surface area contributed by atoms with Gasteiger partial charge in [-0.3, -0.25) is 4.79 Å². The number of carbonyl (C=O) groups is 1. The maximum Gasteiger partial charge on any atom is 0.387 e. The highest BCUT2D eigenvalue weighted by molar-refractivity contribution is 7.92. The Labute approximate surface area is 162 Å². The molecule has 0 heterocycles. The van der Waals surface area contributed by atoms with Gasteiger partial charge in [-0.2, -0.15) is 8.78 Å². The topological polar surface area (TPSA) is 72.9 Å². The molecule has 2 aromatic rings. The molecule has 2 aromatic carbocycles. The Morgan fingerprint density at radius 1 is 1.11 bits per heavy atom.